The van der Waals surface area contributed by atoms with Crippen molar-refractivity contribution in [2.75, 3.05) is 38.7 Å². The van der Waals surface area contributed by atoms with E-state index < -0.39 is 70.7 Å². The molecule has 0 saturated carbocycles. The molecule has 4 fully saturated rings. The van der Waals surface area contributed by atoms with Gasteiger partial charge in [0.15, 0.2) is 0 Å². The largest absolute Gasteiger partial charge is 0.367 e. The summed E-state index contributed by atoms with van der Waals surface area (Å²) in [5.74, 6) is 10.2. The molecule has 0 bridgehead atoms. The Labute approximate surface area is 443 Å². The molecule has 386 valence electrons. The zero-order valence-electron chi connectivity index (χ0n) is 42.2. The van der Waals surface area contributed by atoms with Crippen LogP contribution in [0, 0.1) is 34.5 Å². The van der Waals surface area contributed by atoms with E-state index in [4.69, 9.17) is 24.4 Å². The molecule has 4 saturated heterocycles. The molecule has 0 aliphatic carbocycles. The molecule has 8 N–H and O–H groups in total. The summed E-state index contributed by atoms with van der Waals surface area (Å²) in [7, 11) is 3.59. The number of carbonyl (C=O) groups excluding carboxylic acids is 6. The molecule has 10 atom stereocenters. The van der Waals surface area contributed by atoms with Crippen LogP contribution in [0.15, 0.2) is 60.7 Å². The van der Waals surface area contributed by atoms with Crippen molar-refractivity contribution in [1.29, 1.82) is 0 Å². The standard InChI is InChI=1S/C52H68N10O6S4/c1-31(53-7)47(69)57-35-23-27-71-37-29-51(3,4)41(61(37)49(35)67)45(65)59-39(33-19-13-11-14-20-33)43(63)55-25-17-9-10-18-26-56-44(64)40(34-21-15-12-16-22-34)60-46(66)42-52(5,6)30-38-62(42)50(68)36(24-28-72-38)58-48(70)32(2)54-8/h11-16,19-22,31-32,35-42,53-54H,23-30H2,1-8H3,(H,55,63)(H,56,64)(H,57,69)(H,58,70)(H,59,65)(H,60,66)/t31-,32-,35-,36-,37-,38-,39-,40-,41+,42+/m0/s1. The first-order valence-corrected chi connectivity index (χ1v) is 27.3. The van der Waals surface area contributed by atoms with E-state index >= 15 is 0 Å². The van der Waals surface area contributed by atoms with Crippen LogP contribution in [0.25, 0.3) is 0 Å². The lowest BCUT2D eigenvalue weighted by Gasteiger charge is -2.35. The van der Waals surface area contributed by atoms with Crippen LogP contribution < -0.4 is 42.5 Å². The van der Waals surface area contributed by atoms with E-state index in [-0.39, 0.29) is 47.7 Å². The minimum absolute atomic E-state index is 0.0906. The van der Waals surface area contributed by atoms with Crippen molar-refractivity contribution in [1.82, 2.24) is 52.3 Å². The minimum atomic E-state index is -1.09. The van der Waals surface area contributed by atoms with Crippen molar-refractivity contribution in [2.45, 2.75) is 126 Å². The number of thiocarbonyl (C=S) groups is 2. The lowest BCUT2D eigenvalue weighted by molar-refractivity contribution is -0.143. The van der Waals surface area contributed by atoms with E-state index in [2.05, 4.69) is 66.2 Å². The highest BCUT2D eigenvalue weighted by atomic mass is 32.2. The van der Waals surface area contributed by atoms with Crippen LogP contribution in [-0.2, 0) is 28.8 Å². The predicted octanol–water partition coefficient (Wildman–Crippen LogP) is 2.91. The Hall–Kier alpha value is -5.22. The Kier molecular flexibility index (Phi) is 19.6. The summed E-state index contributed by atoms with van der Waals surface area (Å²) in [5, 5.41) is 23.8. The van der Waals surface area contributed by atoms with Crippen molar-refractivity contribution in [3.8, 4) is 23.7 Å². The van der Waals surface area contributed by atoms with Gasteiger partial charge in [-0.1, -0.05) is 125 Å². The number of amides is 6. The van der Waals surface area contributed by atoms with Crippen LogP contribution in [0.5, 0.6) is 0 Å². The Morgan fingerprint density at radius 1 is 0.639 bits per heavy atom. The van der Waals surface area contributed by atoms with Crippen LogP contribution in [0.4, 0.5) is 0 Å². The van der Waals surface area contributed by atoms with Gasteiger partial charge in [0.05, 0.1) is 45.9 Å². The zero-order valence-corrected chi connectivity index (χ0v) is 45.4. The molecule has 16 nitrogen and oxygen atoms in total. The highest BCUT2D eigenvalue weighted by Crippen LogP contribution is 2.48. The molecule has 4 heterocycles. The van der Waals surface area contributed by atoms with Gasteiger partial charge in [-0.2, -0.15) is 0 Å². The molecule has 4 aliphatic heterocycles. The van der Waals surface area contributed by atoms with E-state index in [1.807, 2.05) is 53.7 Å². The number of hydrogen-bond donors (Lipinski definition) is 8. The average molecular weight is 1060 g/mol. The lowest BCUT2D eigenvalue weighted by atomic mass is 9.83. The van der Waals surface area contributed by atoms with Gasteiger partial charge in [-0.15, -0.1) is 23.5 Å². The molecule has 20 heteroatoms. The molecule has 4 aliphatic rings. The molecular formula is C52H68N10O6S4. The van der Waals surface area contributed by atoms with Crippen molar-refractivity contribution in [2.24, 2.45) is 10.8 Å². The Morgan fingerprint density at radius 2 is 1.00 bits per heavy atom. The minimum Gasteiger partial charge on any atom is -0.367 e. The summed E-state index contributed by atoms with van der Waals surface area (Å²) in [4.78, 5) is 89.3. The van der Waals surface area contributed by atoms with Crippen molar-refractivity contribution in [3.63, 3.8) is 0 Å². The van der Waals surface area contributed by atoms with Gasteiger partial charge in [0, 0.05) is 0 Å². The normalized spacial score (nSPS) is 24.6. The first kappa shape index (κ1) is 56.1. The van der Waals surface area contributed by atoms with E-state index in [0.717, 1.165) is 0 Å². The van der Waals surface area contributed by atoms with Gasteiger partial charge < -0.3 is 52.3 Å². The second-order valence-electron chi connectivity index (χ2n) is 19.8. The van der Waals surface area contributed by atoms with Crippen LogP contribution in [0.2, 0.25) is 0 Å². The summed E-state index contributed by atoms with van der Waals surface area (Å²) >= 11 is 14.5. The number of benzene rings is 2. The van der Waals surface area contributed by atoms with E-state index in [1.165, 1.54) is 0 Å². The summed E-state index contributed by atoms with van der Waals surface area (Å²) in [5.41, 5.74) is -0.0793. The monoisotopic (exact) mass is 1060 g/mol. The molecule has 2 aromatic rings. The lowest BCUT2D eigenvalue weighted by Crippen LogP contribution is -2.58. The third-order valence-electron chi connectivity index (χ3n) is 13.7. The fraction of sp³-hybridized carbons (Fsp3) is 0.538. The summed E-state index contributed by atoms with van der Waals surface area (Å²) in [6.07, 6.45) is 2.32. The number of likely N-dealkylation sites (N-methyl/N-ethyl adjacent to an activating group) is 2. The molecular weight excluding hydrogens is 989 g/mol. The smallest absolute Gasteiger partial charge is 0.247 e. The Bertz CT molecular complexity index is 2310. The number of nitrogens with zero attached hydrogens (tertiary/aromatic N) is 2. The maximum Gasteiger partial charge on any atom is 0.247 e. The number of thioether (sulfide) groups is 2. The van der Waals surface area contributed by atoms with Gasteiger partial charge in [-0.25, -0.2) is 0 Å². The van der Waals surface area contributed by atoms with Gasteiger partial charge in [-0.3, -0.25) is 28.8 Å². The zero-order chi connectivity index (χ0) is 52.3. The predicted molar refractivity (Wildman–Crippen MR) is 292 cm³/mol. The summed E-state index contributed by atoms with van der Waals surface area (Å²) in [6, 6.07) is 12.4. The molecule has 6 rings (SSSR count). The Morgan fingerprint density at radius 3 is 1.35 bits per heavy atom. The van der Waals surface area contributed by atoms with E-state index in [1.54, 1.807) is 95.9 Å². The second-order valence-corrected chi connectivity index (χ2v) is 23.2. The SMILES string of the molecule is CN[C@@H](C)C(=S)N[C@H]1CCS[C@H]2CC(C)(C)[C@@H](C(=O)N[C@H](C(=O)NCC#CC#CCNC(=O)[C@@H](NC(=O)[C@H]3N4C(=O)[C@@H](NC(=S)[C@H](C)NC)CCS[C@H]4CC3(C)C)c3ccccc3)c3ccccc3)N2C1=O. The summed E-state index contributed by atoms with van der Waals surface area (Å²) in [6.45, 7) is 11.5. The quantitative estimate of drug-likeness (QED) is 0.0901. The third-order valence-corrected chi connectivity index (χ3v) is 17.1. The van der Waals surface area contributed by atoms with Crippen LogP contribution in [0.1, 0.15) is 90.4 Å². The number of nitrogens with one attached hydrogen (secondary N) is 8. The van der Waals surface area contributed by atoms with E-state index in [9.17, 15) is 28.8 Å². The molecule has 2 aromatic carbocycles. The molecule has 0 spiro atoms. The molecule has 6 amide bonds. The average Bonchev–Trinajstić information content (AvgIpc) is 3.68. The Balaban J connectivity index is 1.08. The maximum absolute atomic E-state index is 14.4. The first-order valence-electron chi connectivity index (χ1n) is 24.3. The van der Waals surface area contributed by atoms with Gasteiger partial charge in [0.1, 0.15) is 36.3 Å². The molecule has 0 aromatic heterocycles. The van der Waals surface area contributed by atoms with Crippen molar-refractivity contribution >= 4 is 93.4 Å². The first-order chi connectivity index (χ1) is 34.3. The van der Waals surface area contributed by atoms with Crippen LogP contribution in [0.3, 0.4) is 0 Å². The van der Waals surface area contributed by atoms with Crippen molar-refractivity contribution < 1.29 is 28.8 Å². The maximum atomic E-state index is 14.4. The molecule has 72 heavy (non-hydrogen) atoms. The highest BCUT2D eigenvalue weighted by Gasteiger charge is 2.56. The van der Waals surface area contributed by atoms with Gasteiger partial charge in [0.2, 0.25) is 35.4 Å². The topological polar surface area (TPSA) is 205 Å². The van der Waals surface area contributed by atoms with Gasteiger partial charge >= 0.3 is 0 Å². The second kappa shape index (κ2) is 25.1. The third kappa shape index (κ3) is 13.5. The highest BCUT2D eigenvalue weighted by molar-refractivity contribution is 8.00. The molecule has 0 radical (unpaired) electrons. The molecule has 0 unspecified atom stereocenters. The van der Waals surface area contributed by atoms with Crippen molar-refractivity contribution in [3.05, 3.63) is 71.8 Å². The number of carbonyl (C=O) groups is 6. The van der Waals surface area contributed by atoms with Gasteiger partial charge in [-0.05, 0) is 98.9 Å². The van der Waals surface area contributed by atoms with Crippen LogP contribution >= 0.6 is 48.0 Å². The number of fused-ring (bicyclic) bond motifs is 2. The summed E-state index contributed by atoms with van der Waals surface area (Å²) < 4.78 is 0. The van der Waals surface area contributed by atoms with Crippen LogP contribution in [-0.4, -0.2) is 141 Å². The fourth-order valence-corrected chi connectivity index (χ4v) is 13.2. The number of rotatable bonds is 16. The van der Waals surface area contributed by atoms with E-state index in [0.29, 0.717) is 58.3 Å². The fourth-order valence-electron chi connectivity index (χ4n) is 9.54. The van der Waals surface area contributed by atoms with Gasteiger partial charge in [0.25, 0.3) is 0 Å². The number of hydrogen-bond acceptors (Lipinski definition) is 12.